The van der Waals surface area contributed by atoms with Gasteiger partial charge in [0.25, 0.3) is 0 Å². The lowest BCUT2D eigenvalue weighted by Crippen LogP contribution is -2.29. The van der Waals surface area contributed by atoms with Gasteiger partial charge in [0.15, 0.2) is 0 Å². The van der Waals surface area contributed by atoms with Gasteiger partial charge in [-0.05, 0) is 32.2 Å². The zero-order chi connectivity index (χ0) is 15.5. The zero-order valence-corrected chi connectivity index (χ0v) is 13.1. The number of nitrogens with two attached hydrogens (primary N) is 1. The van der Waals surface area contributed by atoms with E-state index in [9.17, 15) is 4.79 Å². The van der Waals surface area contributed by atoms with Gasteiger partial charge in [-0.2, -0.15) is 0 Å². The number of para-hydroxylation sites is 1. The summed E-state index contributed by atoms with van der Waals surface area (Å²) in [6, 6.07) is 7.67. The number of carbonyl (C=O) groups is 1. The highest BCUT2D eigenvalue weighted by molar-refractivity contribution is 7.98. The van der Waals surface area contributed by atoms with E-state index in [1.807, 2.05) is 44.4 Å². The highest BCUT2D eigenvalue weighted by atomic mass is 32.2. The number of aromatic nitrogens is 3. The number of anilines is 1. The predicted molar refractivity (Wildman–Crippen MR) is 84.1 cm³/mol. The van der Waals surface area contributed by atoms with Crippen LogP contribution in [0.4, 0.5) is 5.69 Å². The summed E-state index contributed by atoms with van der Waals surface area (Å²) in [7, 11) is 0. The number of benzene rings is 1. The number of thioether (sulfide) groups is 1. The first-order valence-electron chi connectivity index (χ1n) is 6.52. The van der Waals surface area contributed by atoms with Crippen LogP contribution >= 0.6 is 11.8 Å². The molecule has 3 N–H and O–H groups in total. The van der Waals surface area contributed by atoms with Crippen LogP contribution in [0.15, 0.2) is 35.4 Å². The number of carbonyl (C=O) groups excluding carboxylic acids is 1. The van der Waals surface area contributed by atoms with Gasteiger partial charge in [-0.1, -0.05) is 17.3 Å². The third-order valence-electron chi connectivity index (χ3n) is 2.89. The summed E-state index contributed by atoms with van der Waals surface area (Å²) in [5.41, 5.74) is 6.83. The Kier molecular flexibility index (Phi) is 4.64. The number of nitrogens with one attached hydrogen (secondary N) is 1. The molecule has 0 aliphatic rings. The number of hydrogen-bond acceptors (Lipinski definition) is 5. The second-order valence-electron chi connectivity index (χ2n) is 5.27. The van der Waals surface area contributed by atoms with Crippen LogP contribution in [0.3, 0.4) is 0 Å². The molecule has 0 radical (unpaired) electrons. The molecule has 0 saturated heterocycles. The molecule has 0 bridgehead atoms. The fraction of sp³-hybridized carbons (Fsp3) is 0.357. The van der Waals surface area contributed by atoms with Gasteiger partial charge in [-0.3, -0.25) is 4.79 Å². The highest BCUT2D eigenvalue weighted by Gasteiger charge is 2.19. The minimum absolute atomic E-state index is 0.103. The average molecular weight is 305 g/mol. The zero-order valence-electron chi connectivity index (χ0n) is 12.3. The lowest BCUT2D eigenvalue weighted by Gasteiger charge is -2.13. The number of rotatable bonds is 5. The van der Waals surface area contributed by atoms with E-state index in [0.717, 1.165) is 10.6 Å². The van der Waals surface area contributed by atoms with Crippen molar-refractivity contribution >= 4 is 23.4 Å². The molecular weight excluding hydrogens is 286 g/mol. The first-order valence-corrected chi connectivity index (χ1v) is 7.75. The molecule has 0 saturated carbocycles. The van der Waals surface area contributed by atoms with E-state index >= 15 is 0 Å². The molecule has 1 aromatic carbocycles. The van der Waals surface area contributed by atoms with E-state index in [2.05, 4.69) is 15.6 Å². The van der Waals surface area contributed by atoms with Crippen molar-refractivity contribution in [3.63, 3.8) is 0 Å². The summed E-state index contributed by atoms with van der Waals surface area (Å²) in [6.45, 7) is 3.79. The monoisotopic (exact) mass is 305 g/mol. The Bertz CT molecular complexity index is 632. The van der Waals surface area contributed by atoms with Gasteiger partial charge in [-0.25, -0.2) is 4.68 Å². The van der Waals surface area contributed by atoms with Crippen molar-refractivity contribution < 1.29 is 4.79 Å². The number of amides is 1. The van der Waals surface area contributed by atoms with Crippen molar-refractivity contribution in [3.05, 3.63) is 36.2 Å². The Balaban J connectivity index is 2.03. The van der Waals surface area contributed by atoms with Crippen molar-refractivity contribution in [2.75, 3.05) is 11.6 Å². The first-order chi connectivity index (χ1) is 9.90. The maximum Gasteiger partial charge on any atom is 0.246 e. The molecular formula is C14H19N5OS. The fourth-order valence-corrected chi connectivity index (χ4v) is 2.31. The third kappa shape index (κ3) is 4.05. The normalized spacial score (nSPS) is 11.4. The van der Waals surface area contributed by atoms with Crippen LogP contribution in [0, 0.1) is 0 Å². The van der Waals surface area contributed by atoms with Crippen LogP contribution in [0.1, 0.15) is 19.5 Å². The molecule has 2 aromatic rings. The van der Waals surface area contributed by atoms with E-state index in [-0.39, 0.29) is 12.5 Å². The fourth-order valence-electron chi connectivity index (χ4n) is 1.76. The molecule has 1 heterocycles. The maximum absolute atomic E-state index is 12.1. The van der Waals surface area contributed by atoms with E-state index in [4.69, 9.17) is 5.73 Å². The van der Waals surface area contributed by atoms with Crippen molar-refractivity contribution in [3.8, 4) is 0 Å². The van der Waals surface area contributed by atoms with Crippen LogP contribution in [-0.4, -0.2) is 27.2 Å². The van der Waals surface area contributed by atoms with Crippen LogP contribution in [0.2, 0.25) is 0 Å². The summed E-state index contributed by atoms with van der Waals surface area (Å²) >= 11 is 1.59. The van der Waals surface area contributed by atoms with Crippen molar-refractivity contribution in [1.82, 2.24) is 15.0 Å². The summed E-state index contributed by atoms with van der Waals surface area (Å²) in [5, 5.41) is 10.8. The topological polar surface area (TPSA) is 85.8 Å². The van der Waals surface area contributed by atoms with Gasteiger partial charge in [0.2, 0.25) is 5.91 Å². The van der Waals surface area contributed by atoms with E-state index in [0.29, 0.717) is 5.69 Å². The molecule has 7 heteroatoms. The van der Waals surface area contributed by atoms with Crippen LogP contribution < -0.4 is 11.1 Å². The van der Waals surface area contributed by atoms with Gasteiger partial charge < -0.3 is 11.1 Å². The summed E-state index contributed by atoms with van der Waals surface area (Å²) in [5.74, 6) is -0.150. The maximum atomic E-state index is 12.1. The van der Waals surface area contributed by atoms with Gasteiger partial charge in [0.05, 0.1) is 17.4 Å². The summed E-state index contributed by atoms with van der Waals surface area (Å²) in [6.07, 6.45) is 3.66. The van der Waals surface area contributed by atoms with Crippen LogP contribution in [0.25, 0.3) is 0 Å². The second-order valence-corrected chi connectivity index (χ2v) is 6.12. The lowest BCUT2D eigenvalue weighted by molar-refractivity contribution is -0.116. The first kappa shape index (κ1) is 15.5. The largest absolute Gasteiger partial charge is 0.323 e. The van der Waals surface area contributed by atoms with Gasteiger partial charge >= 0.3 is 0 Å². The van der Waals surface area contributed by atoms with Crippen molar-refractivity contribution in [2.45, 2.75) is 30.8 Å². The lowest BCUT2D eigenvalue weighted by atomic mass is 10.0. The standard InChI is InChI=1S/C14H19N5OS/c1-14(2,15)12-8-19(18-17-12)9-13(20)16-10-6-4-5-7-11(10)21-3/h4-8H,9,15H2,1-3H3,(H,16,20). The molecule has 2 rings (SSSR count). The Morgan fingerprint density at radius 1 is 1.43 bits per heavy atom. The number of nitrogens with zero attached hydrogens (tertiary/aromatic N) is 3. The smallest absolute Gasteiger partial charge is 0.246 e. The Labute approximate surface area is 128 Å². The molecule has 21 heavy (non-hydrogen) atoms. The quantitative estimate of drug-likeness (QED) is 0.823. The minimum atomic E-state index is -0.569. The Morgan fingerprint density at radius 2 is 2.14 bits per heavy atom. The van der Waals surface area contributed by atoms with E-state index in [1.54, 1.807) is 18.0 Å². The molecule has 0 fully saturated rings. The van der Waals surface area contributed by atoms with E-state index in [1.165, 1.54) is 4.68 Å². The molecule has 1 aromatic heterocycles. The molecule has 0 aliphatic carbocycles. The predicted octanol–water partition coefficient (Wildman–Crippen LogP) is 1.83. The van der Waals surface area contributed by atoms with Crippen LogP contribution in [-0.2, 0) is 16.9 Å². The molecule has 0 spiro atoms. The molecule has 112 valence electrons. The summed E-state index contributed by atoms with van der Waals surface area (Å²) < 4.78 is 1.49. The molecule has 1 amide bonds. The van der Waals surface area contributed by atoms with E-state index < -0.39 is 5.54 Å². The summed E-state index contributed by atoms with van der Waals surface area (Å²) in [4.78, 5) is 13.1. The SMILES string of the molecule is CSc1ccccc1NC(=O)Cn1cc(C(C)(C)N)nn1. The highest BCUT2D eigenvalue weighted by Crippen LogP contribution is 2.24. The third-order valence-corrected chi connectivity index (χ3v) is 3.68. The Morgan fingerprint density at radius 3 is 2.76 bits per heavy atom. The number of hydrogen-bond donors (Lipinski definition) is 2. The van der Waals surface area contributed by atoms with Crippen molar-refractivity contribution in [1.29, 1.82) is 0 Å². The van der Waals surface area contributed by atoms with Crippen molar-refractivity contribution in [2.24, 2.45) is 5.73 Å². The van der Waals surface area contributed by atoms with Gasteiger partial charge in [0.1, 0.15) is 12.2 Å². The molecule has 0 atom stereocenters. The second kappa shape index (κ2) is 6.28. The van der Waals surface area contributed by atoms with Gasteiger partial charge in [-0.15, -0.1) is 16.9 Å². The molecule has 6 nitrogen and oxygen atoms in total. The minimum Gasteiger partial charge on any atom is -0.323 e. The Hall–Kier alpha value is -1.86. The van der Waals surface area contributed by atoms with Gasteiger partial charge in [0, 0.05) is 4.90 Å². The average Bonchev–Trinajstić information content (AvgIpc) is 2.87. The molecule has 0 unspecified atom stereocenters. The van der Waals surface area contributed by atoms with Crippen LogP contribution in [0.5, 0.6) is 0 Å². The molecule has 0 aliphatic heterocycles.